The van der Waals surface area contributed by atoms with Gasteiger partial charge >= 0.3 is 0 Å². The Morgan fingerprint density at radius 2 is 2.00 bits per heavy atom. The zero-order valence-electron chi connectivity index (χ0n) is 13.1. The second-order valence-corrected chi connectivity index (χ2v) is 6.04. The molecule has 114 valence electrons. The molecule has 0 aliphatic carbocycles. The van der Waals surface area contributed by atoms with Crippen LogP contribution in [0.2, 0.25) is 0 Å². The van der Waals surface area contributed by atoms with Gasteiger partial charge in [-0.1, -0.05) is 38.1 Å². The van der Waals surface area contributed by atoms with Crippen molar-refractivity contribution in [2.24, 2.45) is 5.92 Å². The molecule has 1 saturated heterocycles. The maximum atomic E-state index is 12.5. The average molecular weight is 288 g/mol. The van der Waals surface area contributed by atoms with E-state index in [0.29, 0.717) is 19.5 Å². The molecule has 1 aliphatic rings. The van der Waals surface area contributed by atoms with E-state index in [0.717, 1.165) is 6.42 Å². The molecule has 4 heteroatoms. The summed E-state index contributed by atoms with van der Waals surface area (Å²) in [6.07, 6.45) is 1.22. The molecule has 1 heterocycles. The van der Waals surface area contributed by atoms with Crippen molar-refractivity contribution in [2.45, 2.75) is 39.7 Å². The first kappa shape index (κ1) is 15.5. The fourth-order valence-electron chi connectivity index (χ4n) is 2.67. The zero-order valence-corrected chi connectivity index (χ0v) is 13.1. The summed E-state index contributed by atoms with van der Waals surface area (Å²) < 4.78 is 0. The van der Waals surface area contributed by atoms with E-state index < -0.39 is 6.04 Å². The number of amides is 2. The van der Waals surface area contributed by atoms with Crippen molar-refractivity contribution in [1.82, 2.24) is 10.2 Å². The molecule has 21 heavy (non-hydrogen) atoms. The van der Waals surface area contributed by atoms with Gasteiger partial charge < -0.3 is 10.2 Å². The summed E-state index contributed by atoms with van der Waals surface area (Å²) in [6.45, 7) is 7.20. The van der Waals surface area contributed by atoms with Crippen molar-refractivity contribution in [3.8, 4) is 0 Å². The summed E-state index contributed by atoms with van der Waals surface area (Å²) in [4.78, 5) is 26.1. The zero-order chi connectivity index (χ0) is 15.4. The first-order chi connectivity index (χ1) is 9.99. The van der Waals surface area contributed by atoms with Crippen LogP contribution in [0.5, 0.6) is 0 Å². The molecule has 1 atom stereocenters. The van der Waals surface area contributed by atoms with Gasteiger partial charge in [0.05, 0.1) is 0 Å². The number of hydrogen-bond donors (Lipinski definition) is 1. The number of benzene rings is 1. The number of nitrogens with one attached hydrogen (secondary N) is 1. The van der Waals surface area contributed by atoms with Crippen LogP contribution in [0.15, 0.2) is 24.3 Å². The molecule has 0 radical (unpaired) electrons. The van der Waals surface area contributed by atoms with Crippen molar-refractivity contribution >= 4 is 11.8 Å². The fraction of sp³-hybridized carbons (Fsp3) is 0.529. The smallest absolute Gasteiger partial charge is 0.245 e. The van der Waals surface area contributed by atoms with Crippen LogP contribution in [-0.4, -0.2) is 35.8 Å². The Morgan fingerprint density at radius 3 is 2.67 bits per heavy atom. The number of aryl methyl sites for hydroxylation is 1. The standard InChI is InChI=1S/C17H24N2O2/c1-12(2)16-17(21)19(11-9-15(20)18-16)10-8-14-7-5-4-6-13(14)3/h4-7,12,16H,8-11H2,1-3H3,(H,18,20). The molecular weight excluding hydrogens is 264 g/mol. The van der Waals surface area contributed by atoms with Gasteiger partial charge in [0.25, 0.3) is 0 Å². The van der Waals surface area contributed by atoms with E-state index in [-0.39, 0.29) is 17.7 Å². The summed E-state index contributed by atoms with van der Waals surface area (Å²) in [6, 6.07) is 7.83. The maximum absolute atomic E-state index is 12.5. The van der Waals surface area contributed by atoms with E-state index >= 15 is 0 Å². The summed E-state index contributed by atoms with van der Waals surface area (Å²) in [5.41, 5.74) is 2.50. The molecule has 2 rings (SSSR count). The van der Waals surface area contributed by atoms with Gasteiger partial charge in [-0.3, -0.25) is 9.59 Å². The Kier molecular flexibility index (Phi) is 4.99. The van der Waals surface area contributed by atoms with Crippen LogP contribution in [0.3, 0.4) is 0 Å². The molecule has 1 aromatic rings. The highest BCUT2D eigenvalue weighted by Gasteiger charge is 2.31. The molecule has 1 aliphatic heterocycles. The van der Waals surface area contributed by atoms with Crippen molar-refractivity contribution in [2.75, 3.05) is 13.1 Å². The average Bonchev–Trinajstić information content (AvgIpc) is 2.58. The molecular formula is C17H24N2O2. The largest absolute Gasteiger partial charge is 0.344 e. The SMILES string of the molecule is Cc1ccccc1CCN1CCC(=O)NC(C(C)C)C1=O. The van der Waals surface area contributed by atoms with Crippen LogP contribution in [0.25, 0.3) is 0 Å². The monoisotopic (exact) mass is 288 g/mol. The van der Waals surface area contributed by atoms with Crippen molar-refractivity contribution in [1.29, 1.82) is 0 Å². The minimum Gasteiger partial charge on any atom is -0.344 e. The van der Waals surface area contributed by atoms with E-state index in [9.17, 15) is 9.59 Å². The number of rotatable bonds is 4. The summed E-state index contributed by atoms with van der Waals surface area (Å²) in [5.74, 6) is 0.130. The van der Waals surface area contributed by atoms with Gasteiger partial charge in [-0.05, 0) is 30.4 Å². The highest BCUT2D eigenvalue weighted by molar-refractivity contribution is 5.90. The minimum absolute atomic E-state index is 0.0274. The van der Waals surface area contributed by atoms with Crippen molar-refractivity contribution < 1.29 is 9.59 Å². The van der Waals surface area contributed by atoms with Crippen LogP contribution in [-0.2, 0) is 16.0 Å². The van der Waals surface area contributed by atoms with Crippen LogP contribution in [0.1, 0.15) is 31.4 Å². The molecule has 0 bridgehead atoms. The molecule has 1 unspecified atom stereocenters. The van der Waals surface area contributed by atoms with Gasteiger partial charge in [-0.2, -0.15) is 0 Å². The van der Waals surface area contributed by atoms with Gasteiger partial charge in [0.2, 0.25) is 11.8 Å². The molecule has 0 spiro atoms. The number of nitrogens with zero attached hydrogens (tertiary/aromatic N) is 1. The first-order valence-electron chi connectivity index (χ1n) is 7.61. The van der Waals surface area contributed by atoms with E-state index in [1.54, 1.807) is 0 Å². The lowest BCUT2D eigenvalue weighted by Gasteiger charge is -2.26. The maximum Gasteiger partial charge on any atom is 0.245 e. The summed E-state index contributed by atoms with van der Waals surface area (Å²) in [5, 5.41) is 2.84. The van der Waals surface area contributed by atoms with Crippen LogP contribution in [0, 0.1) is 12.8 Å². The molecule has 1 N–H and O–H groups in total. The third-order valence-corrected chi connectivity index (χ3v) is 4.08. The number of carbonyl (C=O) groups is 2. The highest BCUT2D eigenvalue weighted by atomic mass is 16.2. The fourth-order valence-corrected chi connectivity index (χ4v) is 2.67. The van der Waals surface area contributed by atoms with Gasteiger partial charge in [0.1, 0.15) is 6.04 Å². The molecule has 1 fully saturated rings. The van der Waals surface area contributed by atoms with E-state index in [1.807, 2.05) is 30.9 Å². The Morgan fingerprint density at radius 1 is 1.29 bits per heavy atom. The van der Waals surface area contributed by atoms with Crippen molar-refractivity contribution in [3.63, 3.8) is 0 Å². The van der Waals surface area contributed by atoms with Gasteiger partial charge in [-0.15, -0.1) is 0 Å². The summed E-state index contributed by atoms with van der Waals surface area (Å²) in [7, 11) is 0. The number of carbonyl (C=O) groups excluding carboxylic acids is 2. The van der Waals surface area contributed by atoms with Gasteiger partial charge in [0, 0.05) is 19.5 Å². The van der Waals surface area contributed by atoms with Crippen LogP contribution < -0.4 is 5.32 Å². The molecule has 0 saturated carbocycles. The van der Waals surface area contributed by atoms with E-state index in [2.05, 4.69) is 24.4 Å². The Hall–Kier alpha value is -1.84. The lowest BCUT2D eigenvalue weighted by molar-refractivity contribution is -0.134. The predicted molar refractivity (Wildman–Crippen MR) is 82.8 cm³/mol. The van der Waals surface area contributed by atoms with Crippen LogP contribution >= 0.6 is 0 Å². The predicted octanol–water partition coefficient (Wildman–Crippen LogP) is 1.91. The molecule has 2 amide bonds. The highest BCUT2D eigenvalue weighted by Crippen LogP contribution is 2.13. The second kappa shape index (κ2) is 6.74. The quantitative estimate of drug-likeness (QED) is 0.920. The normalized spacial score (nSPS) is 19.6. The van der Waals surface area contributed by atoms with Crippen molar-refractivity contribution in [3.05, 3.63) is 35.4 Å². The number of hydrogen-bond acceptors (Lipinski definition) is 2. The van der Waals surface area contributed by atoms with E-state index in [4.69, 9.17) is 0 Å². The van der Waals surface area contributed by atoms with Crippen LogP contribution in [0.4, 0.5) is 0 Å². The Bertz CT molecular complexity index is 525. The lowest BCUT2D eigenvalue weighted by Crippen LogP contribution is -2.48. The lowest BCUT2D eigenvalue weighted by atomic mass is 10.0. The Balaban J connectivity index is 2.06. The Labute approximate surface area is 126 Å². The third-order valence-electron chi connectivity index (χ3n) is 4.08. The van der Waals surface area contributed by atoms with Gasteiger partial charge in [-0.25, -0.2) is 0 Å². The second-order valence-electron chi connectivity index (χ2n) is 6.04. The summed E-state index contributed by atoms with van der Waals surface area (Å²) >= 11 is 0. The van der Waals surface area contributed by atoms with E-state index in [1.165, 1.54) is 11.1 Å². The molecule has 0 aromatic heterocycles. The molecule has 1 aromatic carbocycles. The minimum atomic E-state index is -0.392. The third kappa shape index (κ3) is 3.84. The first-order valence-corrected chi connectivity index (χ1v) is 7.61. The molecule has 4 nitrogen and oxygen atoms in total. The van der Waals surface area contributed by atoms with Gasteiger partial charge in [0.15, 0.2) is 0 Å². The topological polar surface area (TPSA) is 49.4 Å².